The summed E-state index contributed by atoms with van der Waals surface area (Å²) in [6, 6.07) is 7.23. The van der Waals surface area contributed by atoms with Crippen LogP contribution in [0, 0.1) is 12.3 Å². The van der Waals surface area contributed by atoms with Gasteiger partial charge in [0, 0.05) is 12.1 Å². The van der Waals surface area contributed by atoms with E-state index in [1.807, 2.05) is 19.1 Å². The molecule has 0 saturated heterocycles. The molecule has 0 radical (unpaired) electrons. The van der Waals surface area contributed by atoms with Gasteiger partial charge in [0.25, 0.3) is 5.91 Å². The van der Waals surface area contributed by atoms with Crippen molar-refractivity contribution in [2.24, 2.45) is 5.41 Å². The number of nitrogens with one attached hydrogen (secondary N) is 1. The van der Waals surface area contributed by atoms with Crippen molar-refractivity contribution in [2.45, 2.75) is 26.2 Å². The van der Waals surface area contributed by atoms with Crippen molar-refractivity contribution < 1.29 is 14.7 Å². The molecule has 96 valence electrons. The van der Waals surface area contributed by atoms with Crippen LogP contribution in [0.5, 0.6) is 0 Å². The van der Waals surface area contributed by atoms with E-state index in [0.29, 0.717) is 18.4 Å². The van der Waals surface area contributed by atoms with Crippen LogP contribution in [0.1, 0.15) is 35.2 Å². The first-order chi connectivity index (χ1) is 8.53. The molecule has 1 fully saturated rings. The first kappa shape index (κ1) is 12.6. The minimum absolute atomic E-state index is 0.206. The van der Waals surface area contributed by atoms with Gasteiger partial charge < -0.3 is 10.4 Å². The van der Waals surface area contributed by atoms with Crippen LogP contribution in [-0.2, 0) is 4.79 Å². The Balaban J connectivity index is 1.96. The highest BCUT2D eigenvalue weighted by Gasteiger charge is 2.44. The second kappa shape index (κ2) is 4.80. The van der Waals surface area contributed by atoms with Crippen molar-refractivity contribution in [1.29, 1.82) is 0 Å². The highest BCUT2D eigenvalue weighted by molar-refractivity contribution is 5.94. The number of carboxylic acid groups (broad SMARTS) is 1. The van der Waals surface area contributed by atoms with E-state index in [1.165, 1.54) is 0 Å². The van der Waals surface area contributed by atoms with Crippen LogP contribution in [0.4, 0.5) is 0 Å². The zero-order chi connectivity index (χ0) is 13.2. The molecule has 0 heterocycles. The molecule has 0 spiro atoms. The third-order valence-electron chi connectivity index (χ3n) is 3.67. The van der Waals surface area contributed by atoms with Crippen LogP contribution in [0.15, 0.2) is 24.3 Å². The van der Waals surface area contributed by atoms with Crippen molar-refractivity contribution in [3.8, 4) is 0 Å². The molecule has 1 amide bonds. The second-order valence-electron chi connectivity index (χ2n) is 4.99. The molecule has 1 aliphatic carbocycles. The topological polar surface area (TPSA) is 66.4 Å². The van der Waals surface area contributed by atoms with Crippen molar-refractivity contribution in [2.75, 3.05) is 6.54 Å². The molecule has 0 aromatic heterocycles. The average molecular weight is 247 g/mol. The Morgan fingerprint density at radius 2 is 1.89 bits per heavy atom. The minimum Gasteiger partial charge on any atom is -0.481 e. The monoisotopic (exact) mass is 247 g/mol. The van der Waals surface area contributed by atoms with E-state index >= 15 is 0 Å². The van der Waals surface area contributed by atoms with Crippen LogP contribution in [0.25, 0.3) is 0 Å². The second-order valence-corrected chi connectivity index (χ2v) is 4.99. The molecule has 1 aromatic carbocycles. The normalized spacial score (nSPS) is 16.7. The summed E-state index contributed by atoms with van der Waals surface area (Å²) in [4.78, 5) is 23.0. The van der Waals surface area contributed by atoms with E-state index in [0.717, 1.165) is 12.0 Å². The predicted molar refractivity (Wildman–Crippen MR) is 67.4 cm³/mol. The van der Waals surface area contributed by atoms with Gasteiger partial charge in [-0.3, -0.25) is 9.59 Å². The van der Waals surface area contributed by atoms with Gasteiger partial charge in [0.1, 0.15) is 0 Å². The summed E-state index contributed by atoms with van der Waals surface area (Å²) in [6.07, 6.45) is 2.22. The number of benzene rings is 1. The average Bonchev–Trinajstić information content (AvgIpc) is 2.27. The lowest BCUT2D eigenvalue weighted by Gasteiger charge is -2.37. The van der Waals surface area contributed by atoms with Crippen molar-refractivity contribution >= 4 is 11.9 Å². The van der Waals surface area contributed by atoms with E-state index in [2.05, 4.69) is 5.32 Å². The van der Waals surface area contributed by atoms with Gasteiger partial charge in [-0.15, -0.1) is 0 Å². The number of rotatable bonds is 4. The van der Waals surface area contributed by atoms with Crippen LogP contribution in [0.3, 0.4) is 0 Å². The summed E-state index contributed by atoms with van der Waals surface area (Å²) in [5.41, 5.74) is 0.924. The highest BCUT2D eigenvalue weighted by atomic mass is 16.4. The van der Waals surface area contributed by atoms with Gasteiger partial charge in [0.15, 0.2) is 0 Å². The van der Waals surface area contributed by atoms with Gasteiger partial charge in [-0.25, -0.2) is 0 Å². The Morgan fingerprint density at radius 3 is 2.33 bits per heavy atom. The number of hydrogen-bond acceptors (Lipinski definition) is 2. The maximum Gasteiger partial charge on any atom is 0.311 e. The van der Waals surface area contributed by atoms with Crippen LogP contribution < -0.4 is 5.32 Å². The quantitative estimate of drug-likeness (QED) is 0.855. The SMILES string of the molecule is Cc1ccc(C(=O)NCC2(C(=O)O)CCC2)cc1. The van der Waals surface area contributed by atoms with Crippen molar-refractivity contribution in [3.05, 3.63) is 35.4 Å². The lowest BCUT2D eigenvalue weighted by Crippen LogP contribution is -2.47. The van der Waals surface area contributed by atoms with Gasteiger partial charge in [-0.05, 0) is 31.9 Å². The lowest BCUT2D eigenvalue weighted by atomic mass is 9.69. The van der Waals surface area contributed by atoms with E-state index in [4.69, 9.17) is 5.11 Å². The third kappa shape index (κ3) is 2.37. The summed E-state index contributed by atoms with van der Waals surface area (Å²) < 4.78 is 0. The Labute approximate surface area is 106 Å². The number of carbonyl (C=O) groups is 2. The fourth-order valence-electron chi connectivity index (χ4n) is 2.13. The Bertz CT molecular complexity index is 460. The number of aryl methyl sites for hydroxylation is 1. The molecule has 2 rings (SSSR count). The minimum atomic E-state index is -0.807. The fourth-order valence-corrected chi connectivity index (χ4v) is 2.13. The summed E-state index contributed by atoms with van der Waals surface area (Å²) in [6.45, 7) is 2.17. The molecule has 1 saturated carbocycles. The Morgan fingerprint density at radius 1 is 1.28 bits per heavy atom. The fraction of sp³-hybridized carbons (Fsp3) is 0.429. The molecule has 18 heavy (non-hydrogen) atoms. The predicted octanol–water partition coefficient (Wildman–Crippen LogP) is 1.98. The van der Waals surface area contributed by atoms with Gasteiger partial charge >= 0.3 is 5.97 Å². The zero-order valence-corrected chi connectivity index (χ0v) is 10.4. The summed E-state index contributed by atoms with van der Waals surface area (Å²) in [7, 11) is 0. The first-order valence-corrected chi connectivity index (χ1v) is 6.12. The standard InChI is InChI=1S/C14H17NO3/c1-10-3-5-11(6-4-10)12(16)15-9-14(13(17)18)7-2-8-14/h3-6H,2,7-9H2,1H3,(H,15,16)(H,17,18). The van der Waals surface area contributed by atoms with E-state index in [-0.39, 0.29) is 12.5 Å². The molecule has 1 aliphatic rings. The summed E-state index contributed by atoms with van der Waals surface area (Å²) in [5.74, 6) is -1.01. The molecular formula is C14H17NO3. The number of amides is 1. The van der Waals surface area contributed by atoms with Gasteiger partial charge in [0.2, 0.25) is 0 Å². The van der Waals surface area contributed by atoms with Crippen LogP contribution in [0.2, 0.25) is 0 Å². The zero-order valence-electron chi connectivity index (χ0n) is 10.4. The number of carboxylic acids is 1. The molecule has 2 N–H and O–H groups in total. The van der Waals surface area contributed by atoms with Crippen LogP contribution >= 0.6 is 0 Å². The van der Waals surface area contributed by atoms with Gasteiger partial charge in [-0.1, -0.05) is 24.1 Å². The highest BCUT2D eigenvalue weighted by Crippen LogP contribution is 2.40. The smallest absolute Gasteiger partial charge is 0.311 e. The largest absolute Gasteiger partial charge is 0.481 e. The van der Waals surface area contributed by atoms with E-state index in [1.54, 1.807) is 12.1 Å². The van der Waals surface area contributed by atoms with Crippen molar-refractivity contribution in [1.82, 2.24) is 5.32 Å². The van der Waals surface area contributed by atoms with Gasteiger partial charge in [-0.2, -0.15) is 0 Å². The first-order valence-electron chi connectivity index (χ1n) is 6.12. The maximum absolute atomic E-state index is 11.9. The number of hydrogen-bond donors (Lipinski definition) is 2. The van der Waals surface area contributed by atoms with E-state index in [9.17, 15) is 9.59 Å². The Hall–Kier alpha value is -1.84. The van der Waals surface area contributed by atoms with Crippen molar-refractivity contribution in [3.63, 3.8) is 0 Å². The van der Waals surface area contributed by atoms with E-state index < -0.39 is 11.4 Å². The Kier molecular flexibility index (Phi) is 3.36. The lowest BCUT2D eigenvalue weighted by molar-refractivity contribution is -0.153. The molecule has 0 atom stereocenters. The molecule has 0 unspecified atom stereocenters. The molecule has 4 nitrogen and oxygen atoms in total. The molecular weight excluding hydrogens is 230 g/mol. The van der Waals surface area contributed by atoms with Crippen LogP contribution in [-0.4, -0.2) is 23.5 Å². The molecule has 1 aromatic rings. The third-order valence-corrected chi connectivity index (χ3v) is 3.67. The molecule has 0 aliphatic heterocycles. The summed E-state index contributed by atoms with van der Waals surface area (Å²) >= 11 is 0. The number of carbonyl (C=O) groups excluding carboxylic acids is 1. The molecule has 0 bridgehead atoms. The maximum atomic E-state index is 11.9. The van der Waals surface area contributed by atoms with Gasteiger partial charge in [0.05, 0.1) is 5.41 Å². The summed E-state index contributed by atoms with van der Waals surface area (Å²) in [5, 5.41) is 11.9. The molecule has 4 heteroatoms. The number of aliphatic carboxylic acids is 1.